The molecule has 0 radical (unpaired) electrons. The average Bonchev–Trinajstić information content (AvgIpc) is 2.88. The number of carbonyl (C=O) groups excluding carboxylic acids is 1. The Kier molecular flexibility index (Phi) is 12.3. The number of esters is 1. The zero-order valence-electron chi connectivity index (χ0n) is 24.6. The standard InChI is InChI=1S/C29H32F6O4.C2H6/c1-7-26(8-2,24-11-12-25(19(4)16-24)38-17-20(5)39-21(6)36)23-10-9-22(18(3)15-23)13-14-27(37,28(30,31)32)29(33,34)35;1-2/h9-12,15-16,20,37H,7-8,17H2,1-6H3;1-2H3. The lowest BCUT2D eigenvalue weighted by molar-refractivity contribution is -0.343. The molecule has 0 aliphatic heterocycles. The van der Waals surface area contributed by atoms with Crippen molar-refractivity contribution < 1.29 is 45.7 Å². The fourth-order valence-electron chi connectivity index (χ4n) is 4.43. The van der Waals surface area contributed by atoms with Crippen LogP contribution in [0.1, 0.15) is 82.2 Å². The maximum absolute atomic E-state index is 13.0. The molecule has 0 aliphatic carbocycles. The third-order valence-electron chi connectivity index (χ3n) is 6.75. The number of halogens is 6. The van der Waals surface area contributed by atoms with Gasteiger partial charge in [0.1, 0.15) is 18.5 Å². The van der Waals surface area contributed by atoms with Gasteiger partial charge in [-0.1, -0.05) is 57.9 Å². The van der Waals surface area contributed by atoms with Gasteiger partial charge in [-0.15, -0.1) is 0 Å². The summed E-state index contributed by atoms with van der Waals surface area (Å²) in [4.78, 5) is 11.1. The highest BCUT2D eigenvalue weighted by molar-refractivity contribution is 5.66. The van der Waals surface area contributed by atoms with Crippen LogP contribution >= 0.6 is 0 Å². The van der Waals surface area contributed by atoms with E-state index in [-0.39, 0.29) is 12.2 Å². The van der Waals surface area contributed by atoms with Crippen LogP contribution < -0.4 is 4.74 Å². The van der Waals surface area contributed by atoms with E-state index < -0.39 is 35.4 Å². The minimum atomic E-state index is -6.02. The van der Waals surface area contributed by atoms with Gasteiger partial charge in [0, 0.05) is 17.9 Å². The normalized spacial score (nSPS) is 12.9. The summed E-state index contributed by atoms with van der Waals surface area (Å²) in [6, 6.07) is 10.4. The predicted molar refractivity (Wildman–Crippen MR) is 146 cm³/mol. The molecule has 0 aromatic heterocycles. The number of ether oxygens (including phenoxy) is 2. The molecule has 1 unspecified atom stereocenters. The Labute approximate surface area is 238 Å². The van der Waals surface area contributed by atoms with Crippen molar-refractivity contribution in [2.75, 3.05) is 6.61 Å². The fraction of sp³-hybridized carbons (Fsp3) is 0.516. The second-order valence-corrected chi connectivity index (χ2v) is 9.49. The molecule has 0 aliphatic rings. The third kappa shape index (κ3) is 8.19. The van der Waals surface area contributed by atoms with E-state index in [4.69, 9.17) is 9.47 Å². The summed E-state index contributed by atoms with van der Waals surface area (Å²) in [5, 5.41) is 9.34. The predicted octanol–water partition coefficient (Wildman–Crippen LogP) is 7.97. The van der Waals surface area contributed by atoms with Crippen molar-refractivity contribution in [2.45, 2.75) is 97.7 Å². The SMILES string of the molecule is CC.CCC(CC)(c1ccc(C#CC(O)(C(F)(F)F)C(F)(F)F)c(C)c1)c1ccc(OCC(C)OC(C)=O)c(C)c1. The summed E-state index contributed by atoms with van der Waals surface area (Å²) in [6.07, 6.45) is -11.2. The Balaban J connectivity index is 0.00000411. The first kappa shape index (κ1) is 35.8. The molecule has 10 heteroatoms. The van der Waals surface area contributed by atoms with Gasteiger partial charge in [-0.05, 0) is 73.9 Å². The van der Waals surface area contributed by atoms with Gasteiger partial charge in [0.25, 0.3) is 0 Å². The third-order valence-corrected chi connectivity index (χ3v) is 6.75. The quantitative estimate of drug-likeness (QED) is 0.193. The molecular weight excluding hydrogens is 550 g/mol. The van der Waals surface area contributed by atoms with Crippen LogP contribution in [0.2, 0.25) is 0 Å². The monoisotopic (exact) mass is 588 g/mol. The van der Waals surface area contributed by atoms with Gasteiger partial charge in [0.2, 0.25) is 0 Å². The molecular formula is C31H38F6O4. The van der Waals surface area contributed by atoms with Crippen LogP contribution in [0.5, 0.6) is 5.75 Å². The maximum Gasteiger partial charge on any atom is 0.438 e. The first-order valence-corrected chi connectivity index (χ1v) is 13.3. The van der Waals surface area contributed by atoms with E-state index in [0.717, 1.165) is 22.6 Å². The van der Waals surface area contributed by atoms with Gasteiger partial charge in [0.05, 0.1) is 0 Å². The van der Waals surface area contributed by atoms with Crippen molar-refractivity contribution in [3.05, 3.63) is 64.2 Å². The zero-order valence-corrected chi connectivity index (χ0v) is 24.6. The van der Waals surface area contributed by atoms with Crippen molar-refractivity contribution in [3.8, 4) is 17.6 Å². The van der Waals surface area contributed by atoms with Gasteiger partial charge < -0.3 is 14.6 Å². The van der Waals surface area contributed by atoms with E-state index in [1.54, 1.807) is 19.1 Å². The lowest BCUT2D eigenvalue weighted by Gasteiger charge is -2.34. The highest BCUT2D eigenvalue weighted by atomic mass is 19.4. The van der Waals surface area contributed by atoms with Crippen molar-refractivity contribution in [3.63, 3.8) is 0 Å². The lowest BCUT2D eigenvalue weighted by atomic mass is 9.70. The van der Waals surface area contributed by atoms with Gasteiger partial charge >= 0.3 is 23.9 Å². The molecule has 41 heavy (non-hydrogen) atoms. The van der Waals surface area contributed by atoms with E-state index in [0.29, 0.717) is 24.2 Å². The Bertz CT molecular complexity index is 1220. The van der Waals surface area contributed by atoms with E-state index in [2.05, 4.69) is 0 Å². The number of alkyl halides is 6. The van der Waals surface area contributed by atoms with Crippen LogP contribution in [-0.2, 0) is 14.9 Å². The summed E-state index contributed by atoms with van der Waals surface area (Å²) < 4.78 is 88.9. The van der Waals surface area contributed by atoms with Crippen LogP contribution in [-0.4, -0.2) is 41.7 Å². The molecule has 228 valence electrons. The molecule has 4 nitrogen and oxygen atoms in total. The zero-order chi connectivity index (χ0) is 31.8. The first-order chi connectivity index (χ1) is 18.9. The van der Waals surface area contributed by atoms with Gasteiger partial charge in [0.15, 0.2) is 0 Å². The maximum atomic E-state index is 13.0. The molecule has 1 N–H and O–H groups in total. The number of aryl methyl sites for hydroxylation is 2. The minimum Gasteiger partial charge on any atom is -0.489 e. The number of carbonyl (C=O) groups is 1. The van der Waals surface area contributed by atoms with Gasteiger partial charge in [-0.25, -0.2) is 0 Å². The van der Waals surface area contributed by atoms with E-state index in [1.807, 2.05) is 58.7 Å². The van der Waals surface area contributed by atoms with Crippen LogP contribution in [0.15, 0.2) is 36.4 Å². The minimum absolute atomic E-state index is 0.0615. The van der Waals surface area contributed by atoms with Crippen molar-refractivity contribution in [1.29, 1.82) is 0 Å². The molecule has 0 spiro atoms. The summed E-state index contributed by atoms with van der Waals surface area (Å²) in [5.74, 6) is 3.10. The Morgan fingerprint density at radius 1 is 0.902 bits per heavy atom. The highest BCUT2D eigenvalue weighted by Crippen LogP contribution is 2.43. The molecule has 2 rings (SSSR count). The summed E-state index contributed by atoms with van der Waals surface area (Å²) in [5.41, 5.74) is -2.74. The van der Waals surface area contributed by atoms with E-state index >= 15 is 0 Å². The number of hydrogen-bond acceptors (Lipinski definition) is 4. The van der Waals surface area contributed by atoms with Crippen LogP contribution in [0.25, 0.3) is 0 Å². The first-order valence-electron chi connectivity index (χ1n) is 13.3. The molecule has 0 fully saturated rings. The van der Waals surface area contributed by atoms with Gasteiger partial charge in [-0.3, -0.25) is 4.79 Å². The van der Waals surface area contributed by atoms with Gasteiger partial charge in [-0.2, -0.15) is 26.3 Å². The Morgan fingerprint density at radius 3 is 1.80 bits per heavy atom. The van der Waals surface area contributed by atoms with Crippen LogP contribution in [0.4, 0.5) is 26.3 Å². The number of benzene rings is 2. The van der Waals surface area contributed by atoms with Crippen LogP contribution in [0.3, 0.4) is 0 Å². The van der Waals surface area contributed by atoms with Crippen molar-refractivity contribution >= 4 is 5.97 Å². The number of aliphatic hydroxyl groups is 1. The van der Waals surface area contributed by atoms with Crippen molar-refractivity contribution in [2.24, 2.45) is 0 Å². The van der Waals surface area contributed by atoms with E-state index in [9.17, 15) is 36.2 Å². The smallest absolute Gasteiger partial charge is 0.438 e. The summed E-state index contributed by atoms with van der Waals surface area (Å²) in [6.45, 7) is 14.6. The number of rotatable bonds is 8. The molecule has 0 heterocycles. The Morgan fingerprint density at radius 2 is 1.39 bits per heavy atom. The average molecular weight is 589 g/mol. The second kappa shape index (κ2) is 14.1. The lowest BCUT2D eigenvalue weighted by Crippen LogP contribution is -2.55. The molecule has 1 atom stereocenters. The summed E-state index contributed by atoms with van der Waals surface area (Å²) >= 11 is 0. The molecule has 0 saturated carbocycles. The molecule has 0 amide bonds. The molecule has 0 bridgehead atoms. The number of hydrogen-bond donors (Lipinski definition) is 1. The summed E-state index contributed by atoms with van der Waals surface area (Å²) in [7, 11) is 0. The van der Waals surface area contributed by atoms with Crippen LogP contribution in [0, 0.1) is 25.7 Å². The molecule has 0 saturated heterocycles. The van der Waals surface area contributed by atoms with E-state index in [1.165, 1.54) is 19.9 Å². The second-order valence-electron chi connectivity index (χ2n) is 9.49. The highest BCUT2D eigenvalue weighted by Gasteiger charge is 2.70. The largest absolute Gasteiger partial charge is 0.489 e. The molecule has 2 aromatic rings. The molecule has 2 aromatic carbocycles. The topological polar surface area (TPSA) is 55.8 Å². The fourth-order valence-corrected chi connectivity index (χ4v) is 4.43. The van der Waals surface area contributed by atoms with Crippen molar-refractivity contribution in [1.82, 2.24) is 0 Å². The Hall–Kier alpha value is -3.19.